The van der Waals surface area contributed by atoms with Gasteiger partial charge in [0.25, 0.3) is 5.91 Å². The second-order valence-corrected chi connectivity index (χ2v) is 12.2. The maximum atomic E-state index is 12.9. The van der Waals surface area contributed by atoms with E-state index in [1.165, 1.54) is 5.56 Å². The summed E-state index contributed by atoms with van der Waals surface area (Å²) in [5, 5.41) is 12.6. The van der Waals surface area contributed by atoms with Crippen molar-refractivity contribution < 1.29 is 23.8 Å². The van der Waals surface area contributed by atoms with Crippen molar-refractivity contribution in [3.63, 3.8) is 0 Å². The summed E-state index contributed by atoms with van der Waals surface area (Å²) < 4.78 is 17.3. The average molecular weight is 560 g/mol. The lowest BCUT2D eigenvalue weighted by Gasteiger charge is -2.38. The zero-order valence-corrected chi connectivity index (χ0v) is 23.1. The number of carbonyl (C=O) groups excluding carboxylic acids is 2. The Labute approximate surface area is 237 Å². The number of piperidine rings is 1. The third kappa shape index (κ3) is 4.83. The van der Waals surface area contributed by atoms with Gasteiger partial charge in [0.2, 0.25) is 5.88 Å². The molecule has 2 saturated heterocycles. The largest absolute Gasteiger partial charge is 0.480 e. The van der Waals surface area contributed by atoms with E-state index in [9.17, 15) is 14.9 Å². The Morgan fingerprint density at radius 1 is 1.17 bits per heavy atom. The normalized spacial score (nSPS) is 23.7. The van der Waals surface area contributed by atoms with E-state index in [0.717, 1.165) is 69.4 Å². The maximum Gasteiger partial charge on any atom is 0.416 e. The van der Waals surface area contributed by atoms with Crippen molar-refractivity contribution in [2.75, 3.05) is 49.6 Å². The number of likely N-dealkylation sites (tertiary alicyclic amines) is 1. The molecule has 2 aromatic rings. The molecule has 5 heterocycles. The number of nitrogens with two attached hydrogens (primary N) is 1. The number of ether oxygens (including phenoxy) is 3. The Morgan fingerprint density at radius 3 is 2.71 bits per heavy atom. The van der Waals surface area contributed by atoms with Crippen molar-refractivity contribution in [3.05, 3.63) is 34.5 Å². The predicted octanol–water partition coefficient (Wildman–Crippen LogP) is 2.06. The standard InChI is InChI=1S/C29H33N7O5/c1-17-19-10-18(11-20(19)21(12-30)26(32-17)40-16-28(31)4-5-28)13-35-8-6-29(7-9-35)15-36(27(38)41-29)23-3-2-22-25(33-23)34-24(37)14-39-22/h2-3,18H,4-11,13-16,31H2,1H3,(H,33,34,37). The number of hydrogen-bond acceptors (Lipinski definition) is 10. The van der Waals surface area contributed by atoms with Crippen molar-refractivity contribution in [1.29, 1.82) is 5.26 Å². The predicted molar refractivity (Wildman–Crippen MR) is 147 cm³/mol. The number of aryl methyl sites for hydroxylation is 1. The zero-order valence-electron chi connectivity index (χ0n) is 23.1. The highest BCUT2D eigenvalue weighted by Crippen LogP contribution is 2.40. The first-order valence-corrected chi connectivity index (χ1v) is 14.2. The van der Waals surface area contributed by atoms with Gasteiger partial charge < -0.3 is 30.2 Å². The van der Waals surface area contributed by atoms with Crippen molar-refractivity contribution in [1.82, 2.24) is 14.9 Å². The Bertz CT molecular complexity index is 1470. The molecule has 1 unspecified atom stereocenters. The number of carbonyl (C=O) groups is 2. The monoisotopic (exact) mass is 559 g/mol. The summed E-state index contributed by atoms with van der Waals surface area (Å²) >= 11 is 0. The molecule has 3 fully saturated rings. The van der Waals surface area contributed by atoms with Crippen LogP contribution in [-0.2, 0) is 22.4 Å². The minimum Gasteiger partial charge on any atom is -0.480 e. The number of pyridine rings is 2. The molecule has 1 saturated carbocycles. The van der Waals surface area contributed by atoms with E-state index in [2.05, 4.69) is 26.3 Å². The highest BCUT2D eigenvalue weighted by molar-refractivity contribution is 5.95. The lowest BCUT2D eigenvalue weighted by Crippen LogP contribution is -2.48. The van der Waals surface area contributed by atoms with Gasteiger partial charge in [-0.05, 0) is 61.8 Å². The molecule has 41 heavy (non-hydrogen) atoms. The van der Waals surface area contributed by atoms with Gasteiger partial charge in [-0.2, -0.15) is 5.26 Å². The molecule has 1 atom stereocenters. The summed E-state index contributed by atoms with van der Waals surface area (Å²) in [6.07, 6.45) is 4.61. The summed E-state index contributed by atoms with van der Waals surface area (Å²) in [4.78, 5) is 37.6. The van der Waals surface area contributed by atoms with Gasteiger partial charge >= 0.3 is 6.09 Å². The van der Waals surface area contributed by atoms with Crippen LogP contribution in [0.5, 0.6) is 11.6 Å². The second-order valence-electron chi connectivity index (χ2n) is 12.2. The minimum atomic E-state index is -0.563. The lowest BCUT2D eigenvalue weighted by molar-refractivity contribution is -0.118. The molecule has 5 aliphatic rings. The van der Waals surface area contributed by atoms with Crippen LogP contribution in [0.15, 0.2) is 12.1 Å². The van der Waals surface area contributed by atoms with Crippen LogP contribution in [0.25, 0.3) is 0 Å². The Morgan fingerprint density at radius 2 is 1.95 bits per heavy atom. The first-order valence-electron chi connectivity index (χ1n) is 14.2. The van der Waals surface area contributed by atoms with Gasteiger partial charge in [-0.1, -0.05) is 0 Å². The first kappa shape index (κ1) is 26.0. The number of anilines is 2. The Balaban J connectivity index is 0.975. The van der Waals surface area contributed by atoms with E-state index >= 15 is 0 Å². The highest BCUT2D eigenvalue weighted by Gasteiger charge is 2.48. The van der Waals surface area contributed by atoms with Crippen LogP contribution in [-0.4, -0.2) is 77.4 Å². The van der Waals surface area contributed by atoms with Gasteiger partial charge in [0, 0.05) is 38.2 Å². The summed E-state index contributed by atoms with van der Waals surface area (Å²) in [6, 6.07) is 5.78. The molecule has 0 radical (unpaired) electrons. The highest BCUT2D eigenvalue weighted by atomic mass is 16.6. The van der Waals surface area contributed by atoms with Crippen LogP contribution < -0.4 is 25.4 Å². The fourth-order valence-corrected chi connectivity index (χ4v) is 6.46. The molecule has 12 nitrogen and oxygen atoms in total. The van der Waals surface area contributed by atoms with E-state index in [1.54, 1.807) is 17.0 Å². The third-order valence-electron chi connectivity index (χ3n) is 9.06. The average Bonchev–Trinajstić information content (AvgIpc) is 3.40. The molecule has 7 rings (SSSR count). The summed E-state index contributed by atoms with van der Waals surface area (Å²) in [7, 11) is 0. The van der Waals surface area contributed by atoms with Crippen LogP contribution in [0.4, 0.5) is 16.4 Å². The van der Waals surface area contributed by atoms with Gasteiger partial charge in [-0.3, -0.25) is 9.69 Å². The SMILES string of the molecule is Cc1nc(OCC2(N)CC2)c(C#N)c2c1CC(CN1CCC3(CC1)CN(c1ccc4c(n1)NC(=O)CO4)C(=O)O3)C2. The number of hydrogen-bond donors (Lipinski definition) is 2. The van der Waals surface area contributed by atoms with Crippen molar-refractivity contribution in [2.45, 2.75) is 56.6 Å². The van der Waals surface area contributed by atoms with E-state index < -0.39 is 11.7 Å². The number of nitriles is 1. The Kier molecular flexibility index (Phi) is 6.06. The van der Waals surface area contributed by atoms with Crippen molar-refractivity contribution >= 4 is 23.6 Å². The molecule has 0 aromatic carbocycles. The fraction of sp³-hybridized carbons (Fsp3) is 0.552. The fourth-order valence-electron chi connectivity index (χ4n) is 6.46. The molecule has 2 aliphatic carbocycles. The molecular weight excluding hydrogens is 526 g/mol. The van der Waals surface area contributed by atoms with Gasteiger partial charge in [0.15, 0.2) is 18.2 Å². The molecule has 3 N–H and O–H groups in total. The van der Waals surface area contributed by atoms with Gasteiger partial charge in [-0.15, -0.1) is 0 Å². The molecule has 12 heteroatoms. The molecule has 2 amide bonds. The van der Waals surface area contributed by atoms with Gasteiger partial charge in [0.05, 0.1) is 12.1 Å². The summed E-state index contributed by atoms with van der Waals surface area (Å²) in [6.45, 7) is 5.27. The number of rotatable bonds is 6. The first-order chi connectivity index (χ1) is 19.7. The Hall–Kier alpha value is -3.95. The van der Waals surface area contributed by atoms with E-state index in [-0.39, 0.29) is 18.1 Å². The quantitative estimate of drug-likeness (QED) is 0.537. The van der Waals surface area contributed by atoms with Gasteiger partial charge in [0.1, 0.15) is 29.7 Å². The topological polar surface area (TPSA) is 156 Å². The van der Waals surface area contributed by atoms with Crippen LogP contribution in [0.1, 0.15) is 48.1 Å². The second kappa shape index (κ2) is 9.56. The minimum absolute atomic E-state index is 0.0485. The molecule has 1 spiro atoms. The van der Waals surface area contributed by atoms with Crippen LogP contribution in [0.3, 0.4) is 0 Å². The molecular formula is C29H33N7O5. The molecule has 0 bridgehead atoms. The molecule has 3 aliphatic heterocycles. The number of nitrogens with zero attached hydrogens (tertiary/aromatic N) is 5. The molecule has 214 valence electrons. The smallest absolute Gasteiger partial charge is 0.416 e. The van der Waals surface area contributed by atoms with E-state index in [0.29, 0.717) is 47.9 Å². The number of aromatic nitrogens is 2. The van der Waals surface area contributed by atoms with Gasteiger partial charge in [-0.25, -0.2) is 14.8 Å². The summed E-state index contributed by atoms with van der Waals surface area (Å²) in [5.74, 6) is 1.75. The van der Waals surface area contributed by atoms with Crippen LogP contribution in [0, 0.1) is 24.2 Å². The number of fused-ring (bicyclic) bond motifs is 2. The van der Waals surface area contributed by atoms with Crippen LogP contribution >= 0.6 is 0 Å². The van der Waals surface area contributed by atoms with Crippen molar-refractivity contribution in [2.24, 2.45) is 11.7 Å². The third-order valence-corrected chi connectivity index (χ3v) is 9.06. The van der Waals surface area contributed by atoms with Crippen molar-refractivity contribution in [3.8, 4) is 17.7 Å². The molecule has 2 aromatic heterocycles. The zero-order chi connectivity index (χ0) is 28.4. The summed E-state index contributed by atoms with van der Waals surface area (Å²) in [5.41, 5.74) is 9.06. The number of amides is 2. The lowest BCUT2D eigenvalue weighted by atomic mass is 9.90. The van der Waals surface area contributed by atoms with Crippen LogP contribution in [0.2, 0.25) is 0 Å². The van der Waals surface area contributed by atoms with E-state index in [1.807, 2.05) is 6.92 Å². The van der Waals surface area contributed by atoms with E-state index in [4.69, 9.17) is 19.9 Å². The number of nitrogens with one attached hydrogen (secondary N) is 1. The maximum absolute atomic E-state index is 12.9.